The Morgan fingerprint density at radius 3 is 2.50 bits per heavy atom. The van der Waals surface area contributed by atoms with Crippen molar-refractivity contribution in [3.8, 4) is 0 Å². The summed E-state index contributed by atoms with van der Waals surface area (Å²) in [6.45, 7) is 6.06. The van der Waals surface area contributed by atoms with Gasteiger partial charge in [-0.3, -0.25) is 0 Å². The van der Waals surface area contributed by atoms with Gasteiger partial charge < -0.3 is 0 Å². The standard InChI is InChI=1S/C11H11ClN2/c1-6-4-7(2)10-9(5-6)8(3)13-11(12)14-10/h4-5H,1-3H3. The molecule has 0 saturated heterocycles. The second-order valence-electron chi connectivity index (χ2n) is 3.56. The van der Waals surface area contributed by atoms with Gasteiger partial charge in [0, 0.05) is 5.39 Å². The van der Waals surface area contributed by atoms with Gasteiger partial charge in [0.15, 0.2) is 0 Å². The van der Waals surface area contributed by atoms with Crippen LogP contribution in [0.3, 0.4) is 0 Å². The molecule has 1 aromatic carbocycles. The molecule has 2 aromatic rings. The normalized spacial score (nSPS) is 10.9. The van der Waals surface area contributed by atoms with Gasteiger partial charge in [0.1, 0.15) is 0 Å². The molecule has 0 unspecified atom stereocenters. The molecule has 72 valence electrons. The number of rotatable bonds is 0. The van der Waals surface area contributed by atoms with Crippen molar-refractivity contribution in [2.75, 3.05) is 0 Å². The molecule has 0 aliphatic carbocycles. The van der Waals surface area contributed by atoms with E-state index in [2.05, 4.69) is 29.0 Å². The fourth-order valence-electron chi connectivity index (χ4n) is 1.70. The van der Waals surface area contributed by atoms with E-state index in [9.17, 15) is 0 Å². The minimum atomic E-state index is 0.321. The Balaban J connectivity index is 2.94. The average Bonchev–Trinajstić information content (AvgIpc) is 2.07. The lowest BCUT2D eigenvalue weighted by Crippen LogP contribution is -1.93. The molecule has 0 fully saturated rings. The fourth-order valence-corrected chi connectivity index (χ4v) is 1.91. The first-order valence-electron chi connectivity index (χ1n) is 4.49. The maximum Gasteiger partial charge on any atom is 0.223 e. The molecule has 1 heterocycles. The molecular weight excluding hydrogens is 196 g/mol. The number of aromatic nitrogens is 2. The van der Waals surface area contributed by atoms with Crippen LogP contribution in [0.15, 0.2) is 12.1 Å². The number of aryl methyl sites for hydroxylation is 3. The van der Waals surface area contributed by atoms with Crippen LogP contribution in [0.25, 0.3) is 10.9 Å². The Kier molecular flexibility index (Phi) is 2.16. The molecule has 0 N–H and O–H groups in total. The number of hydrogen-bond acceptors (Lipinski definition) is 2. The molecule has 1 aromatic heterocycles. The van der Waals surface area contributed by atoms with Crippen LogP contribution in [0, 0.1) is 20.8 Å². The van der Waals surface area contributed by atoms with E-state index in [0.29, 0.717) is 5.28 Å². The molecule has 2 rings (SSSR count). The SMILES string of the molecule is Cc1cc(C)c2nc(Cl)nc(C)c2c1. The molecule has 0 radical (unpaired) electrons. The second kappa shape index (κ2) is 3.21. The van der Waals surface area contributed by atoms with Gasteiger partial charge in [0.2, 0.25) is 5.28 Å². The van der Waals surface area contributed by atoms with E-state index in [1.165, 1.54) is 5.56 Å². The van der Waals surface area contributed by atoms with Crippen LogP contribution in [-0.4, -0.2) is 9.97 Å². The summed E-state index contributed by atoms with van der Waals surface area (Å²) in [7, 11) is 0. The quantitative estimate of drug-likeness (QED) is 0.619. The molecule has 14 heavy (non-hydrogen) atoms. The molecule has 3 heteroatoms. The Bertz CT molecular complexity index is 459. The lowest BCUT2D eigenvalue weighted by Gasteiger charge is -2.05. The number of nitrogens with zero attached hydrogens (tertiary/aromatic N) is 2. The van der Waals surface area contributed by atoms with Crippen LogP contribution < -0.4 is 0 Å². The third-order valence-corrected chi connectivity index (χ3v) is 2.47. The van der Waals surface area contributed by atoms with E-state index in [1.54, 1.807) is 0 Å². The van der Waals surface area contributed by atoms with Crippen LogP contribution in [0.4, 0.5) is 0 Å². The minimum Gasteiger partial charge on any atom is -0.223 e. The average molecular weight is 207 g/mol. The van der Waals surface area contributed by atoms with Crippen molar-refractivity contribution >= 4 is 22.5 Å². The maximum absolute atomic E-state index is 5.81. The smallest absolute Gasteiger partial charge is 0.223 e. The van der Waals surface area contributed by atoms with Gasteiger partial charge in [-0.05, 0) is 44.0 Å². The Hall–Kier alpha value is -1.15. The first-order valence-corrected chi connectivity index (χ1v) is 4.87. The Labute approximate surface area is 88.0 Å². The van der Waals surface area contributed by atoms with E-state index < -0.39 is 0 Å². The number of halogens is 1. The Morgan fingerprint density at radius 1 is 1.07 bits per heavy atom. The predicted molar refractivity (Wildman–Crippen MR) is 58.8 cm³/mol. The molecule has 0 amide bonds. The highest BCUT2D eigenvalue weighted by Crippen LogP contribution is 2.22. The van der Waals surface area contributed by atoms with E-state index in [0.717, 1.165) is 22.2 Å². The third-order valence-electron chi connectivity index (χ3n) is 2.30. The third kappa shape index (κ3) is 1.46. The van der Waals surface area contributed by atoms with E-state index in [-0.39, 0.29) is 0 Å². The zero-order valence-corrected chi connectivity index (χ0v) is 9.18. The maximum atomic E-state index is 5.81. The van der Waals surface area contributed by atoms with Crippen LogP contribution in [0.2, 0.25) is 5.28 Å². The van der Waals surface area contributed by atoms with Crippen molar-refractivity contribution in [3.63, 3.8) is 0 Å². The summed E-state index contributed by atoms with van der Waals surface area (Å²) in [5.74, 6) is 0. The summed E-state index contributed by atoms with van der Waals surface area (Å²) in [6.07, 6.45) is 0. The Morgan fingerprint density at radius 2 is 1.79 bits per heavy atom. The van der Waals surface area contributed by atoms with Crippen molar-refractivity contribution in [1.82, 2.24) is 9.97 Å². The highest BCUT2D eigenvalue weighted by molar-refractivity contribution is 6.28. The lowest BCUT2D eigenvalue weighted by atomic mass is 10.1. The monoisotopic (exact) mass is 206 g/mol. The molecule has 0 spiro atoms. The first kappa shape index (κ1) is 9.41. The van der Waals surface area contributed by atoms with E-state index in [4.69, 9.17) is 11.6 Å². The highest BCUT2D eigenvalue weighted by Gasteiger charge is 2.05. The minimum absolute atomic E-state index is 0.321. The molecule has 0 aliphatic heterocycles. The lowest BCUT2D eigenvalue weighted by molar-refractivity contribution is 1.14. The van der Waals surface area contributed by atoms with E-state index >= 15 is 0 Å². The molecular formula is C11H11ClN2. The van der Waals surface area contributed by atoms with Crippen LogP contribution in [0.5, 0.6) is 0 Å². The second-order valence-corrected chi connectivity index (χ2v) is 3.89. The molecule has 0 atom stereocenters. The van der Waals surface area contributed by atoms with Crippen LogP contribution >= 0.6 is 11.6 Å². The number of hydrogen-bond donors (Lipinski definition) is 0. The van der Waals surface area contributed by atoms with Crippen molar-refractivity contribution in [1.29, 1.82) is 0 Å². The molecule has 2 nitrogen and oxygen atoms in total. The highest BCUT2D eigenvalue weighted by atomic mass is 35.5. The van der Waals surface area contributed by atoms with Gasteiger partial charge >= 0.3 is 0 Å². The predicted octanol–water partition coefficient (Wildman–Crippen LogP) is 3.21. The molecule has 0 aliphatic rings. The number of benzene rings is 1. The largest absolute Gasteiger partial charge is 0.223 e. The van der Waals surface area contributed by atoms with Gasteiger partial charge in [-0.1, -0.05) is 11.6 Å². The van der Waals surface area contributed by atoms with E-state index in [1.807, 2.05) is 13.8 Å². The zero-order valence-electron chi connectivity index (χ0n) is 8.43. The van der Waals surface area contributed by atoms with Crippen LogP contribution in [0.1, 0.15) is 16.8 Å². The first-order chi connectivity index (χ1) is 6.58. The van der Waals surface area contributed by atoms with Gasteiger partial charge in [-0.2, -0.15) is 0 Å². The van der Waals surface area contributed by atoms with Crippen LogP contribution in [-0.2, 0) is 0 Å². The van der Waals surface area contributed by atoms with Crippen molar-refractivity contribution in [3.05, 3.63) is 34.2 Å². The zero-order chi connectivity index (χ0) is 10.3. The van der Waals surface area contributed by atoms with Gasteiger partial charge in [-0.15, -0.1) is 0 Å². The summed E-state index contributed by atoms with van der Waals surface area (Å²) in [4.78, 5) is 8.37. The number of fused-ring (bicyclic) bond motifs is 1. The van der Waals surface area contributed by atoms with Crippen molar-refractivity contribution < 1.29 is 0 Å². The van der Waals surface area contributed by atoms with Crippen molar-refractivity contribution in [2.24, 2.45) is 0 Å². The van der Waals surface area contributed by atoms with Gasteiger partial charge in [0.05, 0.1) is 11.2 Å². The van der Waals surface area contributed by atoms with Gasteiger partial charge in [0.25, 0.3) is 0 Å². The molecule has 0 bridgehead atoms. The summed E-state index contributed by atoms with van der Waals surface area (Å²) in [5.41, 5.74) is 4.26. The molecule has 0 saturated carbocycles. The summed E-state index contributed by atoms with van der Waals surface area (Å²) in [6, 6.07) is 4.19. The topological polar surface area (TPSA) is 25.8 Å². The summed E-state index contributed by atoms with van der Waals surface area (Å²) >= 11 is 5.81. The fraction of sp³-hybridized carbons (Fsp3) is 0.273. The van der Waals surface area contributed by atoms with Crippen molar-refractivity contribution in [2.45, 2.75) is 20.8 Å². The van der Waals surface area contributed by atoms with Gasteiger partial charge in [-0.25, -0.2) is 9.97 Å². The summed E-state index contributed by atoms with van der Waals surface area (Å²) in [5, 5.41) is 1.41. The summed E-state index contributed by atoms with van der Waals surface area (Å²) < 4.78 is 0.